The van der Waals surface area contributed by atoms with Gasteiger partial charge in [0.25, 0.3) is 0 Å². The lowest BCUT2D eigenvalue weighted by molar-refractivity contribution is 1.04. The molecule has 2 aromatic heterocycles. The molecular weight excluding hydrogens is 154 g/mol. The van der Waals surface area contributed by atoms with Gasteiger partial charge in [0.2, 0.25) is 0 Å². The van der Waals surface area contributed by atoms with Gasteiger partial charge in [0.1, 0.15) is 0 Å². The highest BCUT2D eigenvalue weighted by Gasteiger charge is 1.98. The smallest absolute Gasteiger partial charge is 0.306 e. The van der Waals surface area contributed by atoms with Crippen LogP contribution in [0.3, 0.4) is 0 Å². The Morgan fingerprint density at radius 2 is 2.25 bits per heavy atom. The van der Waals surface area contributed by atoms with E-state index in [0.29, 0.717) is 0 Å². The Bertz CT molecular complexity index is 463. The number of aromatic nitrogens is 3. The first kappa shape index (κ1) is 7.09. The van der Waals surface area contributed by atoms with Gasteiger partial charge >= 0.3 is 5.69 Å². The Morgan fingerprint density at radius 3 is 3.00 bits per heavy atom. The molecule has 0 aliphatic rings. The molecule has 4 heteroatoms. The van der Waals surface area contributed by atoms with Crippen LogP contribution in [-0.4, -0.2) is 15.0 Å². The van der Waals surface area contributed by atoms with E-state index in [1.165, 1.54) is 0 Å². The van der Waals surface area contributed by atoms with Crippen molar-refractivity contribution >= 4 is 11.0 Å². The van der Waals surface area contributed by atoms with Crippen molar-refractivity contribution in [3.05, 3.63) is 28.4 Å². The van der Waals surface area contributed by atoms with Gasteiger partial charge in [-0.3, -0.25) is 4.98 Å². The highest BCUT2D eigenvalue weighted by atomic mass is 16.1. The van der Waals surface area contributed by atoms with Crippen LogP contribution in [0.1, 0.15) is 15.5 Å². The number of hydrogen-bond donors (Lipinski definition) is 2. The lowest BCUT2D eigenvalue weighted by Crippen LogP contribution is -1.99. The molecule has 4 nitrogen and oxygen atoms in total. The van der Waals surface area contributed by atoms with Crippen LogP contribution in [0.2, 0.25) is 0 Å². The summed E-state index contributed by atoms with van der Waals surface area (Å²) in [5, 5.41) is 0. The number of nitrogens with zero attached hydrogens (tertiary/aromatic N) is 1. The van der Waals surface area contributed by atoms with Crippen molar-refractivity contribution in [1.29, 1.82) is 0 Å². The first-order valence-corrected chi connectivity index (χ1v) is 3.86. The lowest BCUT2D eigenvalue weighted by atomic mass is 10.3. The maximum atomic E-state index is 10.8. The molecule has 0 aliphatic heterocycles. The average Bonchev–Trinajstić information content (AvgIpc) is 2.43. The summed E-state index contributed by atoms with van der Waals surface area (Å²) < 4.78 is 0. The summed E-state index contributed by atoms with van der Waals surface area (Å²) >= 11 is 0. The second-order valence-corrected chi connectivity index (χ2v) is 2.65. The van der Waals surface area contributed by atoms with Crippen LogP contribution in [-0.2, 0) is 6.42 Å². The number of aromatic amines is 2. The summed E-state index contributed by atoms with van der Waals surface area (Å²) in [6, 6.07) is 1.88. The highest BCUT2D eigenvalue weighted by molar-refractivity contribution is 5.73. The SMILES string of the molecule is CCc1cc2[nH]c(=O)[nH]c2cn1.[HH].[HH]. The summed E-state index contributed by atoms with van der Waals surface area (Å²) in [6.45, 7) is 2.03. The van der Waals surface area contributed by atoms with Crippen molar-refractivity contribution in [2.24, 2.45) is 0 Å². The highest BCUT2D eigenvalue weighted by Crippen LogP contribution is 2.06. The summed E-state index contributed by atoms with van der Waals surface area (Å²) in [4.78, 5) is 20.3. The normalized spacial score (nSPS) is 10.8. The number of nitrogens with one attached hydrogen (secondary N) is 2. The third kappa shape index (κ3) is 1.01. The molecule has 2 N–H and O–H groups in total. The molecule has 0 spiro atoms. The fraction of sp³-hybridized carbons (Fsp3) is 0.250. The molecule has 2 heterocycles. The average molecular weight is 167 g/mol. The quantitative estimate of drug-likeness (QED) is 0.672. The molecule has 0 saturated heterocycles. The Balaban J connectivity index is 0.000000845. The molecule has 2 rings (SSSR count). The van der Waals surface area contributed by atoms with Crippen LogP contribution in [0.25, 0.3) is 11.0 Å². The number of hydrogen-bond acceptors (Lipinski definition) is 2. The van der Waals surface area contributed by atoms with Crippen LogP contribution in [0.15, 0.2) is 17.1 Å². The molecule has 0 unspecified atom stereocenters. The molecule has 66 valence electrons. The van der Waals surface area contributed by atoms with E-state index < -0.39 is 0 Å². The number of aryl methyl sites for hydroxylation is 1. The second-order valence-electron chi connectivity index (χ2n) is 2.65. The van der Waals surface area contributed by atoms with Crippen LogP contribution in [0, 0.1) is 0 Å². The molecule has 0 fully saturated rings. The zero-order valence-corrected chi connectivity index (χ0v) is 6.72. The van der Waals surface area contributed by atoms with Crippen molar-refractivity contribution in [3.63, 3.8) is 0 Å². The zero-order valence-electron chi connectivity index (χ0n) is 6.72. The predicted molar refractivity (Wildman–Crippen MR) is 50.3 cm³/mol. The molecule has 2 aromatic rings. The second kappa shape index (κ2) is 2.48. The fourth-order valence-electron chi connectivity index (χ4n) is 1.17. The largest absolute Gasteiger partial charge is 0.323 e. The number of imidazole rings is 1. The van der Waals surface area contributed by atoms with E-state index in [1.54, 1.807) is 6.20 Å². The standard InChI is InChI=1S/C8H9N3O.2H2/c1-2-5-3-6-7(4-9-5)11-8(12)10-6;;/h3-4H,2H2,1H3,(H2,10,11,12);2*1H. The van der Waals surface area contributed by atoms with Crippen LogP contribution >= 0.6 is 0 Å². The molecule has 0 saturated carbocycles. The van der Waals surface area contributed by atoms with Crippen LogP contribution < -0.4 is 5.69 Å². The first-order chi connectivity index (χ1) is 5.79. The minimum atomic E-state index is -0.181. The van der Waals surface area contributed by atoms with Gasteiger partial charge in [-0.1, -0.05) is 6.92 Å². The number of rotatable bonds is 1. The molecule has 12 heavy (non-hydrogen) atoms. The van der Waals surface area contributed by atoms with Crippen LogP contribution in [0.4, 0.5) is 0 Å². The number of pyridine rings is 1. The third-order valence-corrected chi connectivity index (χ3v) is 1.82. The lowest BCUT2D eigenvalue weighted by Gasteiger charge is -1.93. The Kier molecular flexibility index (Phi) is 1.46. The van der Waals surface area contributed by atoms with Gasteiger partial charge in [-0.05, 0) is 12.5 Å². The summed E-state index contributed by atoms with van der Waals surface area (Å²) in [6.07, 6.45) is 2.55. The van der Waals surface area contributed by atoms with E-state index in [2.05, 4.69) is 15.0 Å². The number of fused-ring (bicyclic) bond motifs is 1. The summed E-state index contributed by atoms with van der Waals surface area (Å²) in [5.41, 5.74) is 2.39. The summed E-state index contributed by atoms with van der Waals surface area (Å²) in [5.74, 6) is 0. The van der Waals surface area contributed by atoms with Gasteiger partial charge in [-0.25, -0.2) is 4.79 Å². The van der Waals surface area contributed by atoms with Gasteiger partial charge in [0.15, 0.2) is 0 Å². The van der Waals surface area contributed by atoms with Crippen molar-refractivity contribution < 1.29 is 2.85 Å². The third-order valence-electron chi connectivity index (χ3n) is 1.82. The van der Waals surface area contributed by atoms with Gasteiger partial charge in [0.05, 0.1) is 17.2 Å². The molecule has 0 radical (unpaired) electrons. The maximum Gasteiger partial charge on any atom is 0.323 e. The molecular formula is C8H13N3O. The molecule has 0 aliphatic carbocycles. The van der Waals surface area contributed by atoms with E-state index in [1.807, 2.05) is 13.0 Å². The van der Waals surface area contributed by atoms with E-state index in [-0.39, 0.29) is 8.54 Å². The topological polar surface area (TPSA) is 61.5 Å². The van der Waals surface area contributed by atoms with E-state index in [9.17, 15) is 4.79 Å². The van der Waals surface area contributed by atoms with Crippen molar-refractivity contribution in [2.75, 3.05) is 0 Å². The van der Waals surface area contributed by atoms with Gasteiger partial charge in [-0.15, -0.1) is 0 Å². The minimum absolute atomic E-state index is 0. The minimum Gasteiger partial charge on any atom is -0.306 e. The molecule has 0 aromatic carbocycles. The van der Waals surface area contributed by atoms with Gasteiger partial charge < -0.3 is 9.97 Å². The van der Waals surface area contributed by atoms with E-state index in [4.69, 9.17) is 0 Å². The summed E-state index contributed by atoms with van der Waals surface area (Å²) in [7, 11) is 0. The molecule has 0 amide bonds. The Labute approximate surface area is 71.6 Å². The Hall–Kier alpha value is -1.58. The van der Waals surface area contributed by atoms with Crippen molar-refractivity contribution in [3.8, 4) is 0 Å². The van der Waals surface area contributed by atoms with Gasteiger partial charge in [-0.2, -0.15) is 0 Å². The maximum absolute atomic E-state index is 10.8. The fourth-order valence-corrected chi connectivity index (χ4v) is 1.17. The number of H-pyrrole nitrogens is 2. The zero-order chi connectivity index (χ0) is 8.55. The monoisotopic (exact) mass is 167 g/mol. The van der Waals surface area contributed by atoms with E-state index >= 15 is 0 Å². The first-order valence-electron chi connectivity index (χ1n) is 3.86. The molecule has 0 bridgehead atoms. The predicted octanol–water partition coefficient (Wildman–Crippen LogP) is 1.31. The van der Waals surface area contributed by atoms with Crippen LogP contribution in [0.5, 0.6) is 0 Å². The Morgan fingerprint density at radius 1 is 1.50 bits per heavy atom. The van der Waals surface area contributed by atoms with Crippen molar-refractivity contribution in [2.45, 2.75) is 13.3 Å². The van der Waals surface area contributed by atoms with Crippen molar-refractivity contribution in [1.82, 2.24) is 15.0 Å². The van der Waals surface area contributed by atoms with E-state index in [0.717, 1.165) is 23.1 Å². The van der Waals surface area contributed by atoms with Gasteiger partial charge in [0, 0.05) is 8.55 Å². The molecule has 0 atom stereocenters.